The highest BCUT2D eigenvalue weighted by Gasteiger charge is 2.45. The van der Waals surface area contributed by atoms with E-state index in [1.807, 2.05) is 11.3 Å². The molecule has 1 amide bonds. The van der Waals surface area contributed by atoms with Crippen molar-refractivity contribution >= 4 is 17.2 Å². The van der Waals surface area contributed by atoms with Gasteiger partial charge >= 0.3 is 0 Å². The zero-order valence-corrected chi connectivity index (χ0v) is 19.8. The van der Waals surface area contributed by atoms with Crippen molar-refractivity contribution < 1.29 is 14.6 Å². The molecule has 3 aliphatic rings. The quantitative estimate of drug-likeness (QED) is 0.718. The van der Waals surface area contributed by atoms with E-state index in [4.69, 9.17) is 4.74 Å². The van der Waals surface area contributed by atoms with E-state index in [0.29, 0.717) is 12.0 Å². The zero-order chi connectivity index (χ0) is 21.5. The van der Waals surface area contributed by atoms with E-state index in [9.17, 15) is 9.90 Å². The fourth-order valence-electron chi connectivity index (χ4n) is 5.55. The Morgan fingerprint density at radius 2 is 2.20 bits per heavy atom. The maximum atomic E-state index is 12.0. The average molecular weight is 435 g/mol. The molecule has 2 fully saturated rings. The molecule has 30 heavy (non-hydrogen) atoms. The number of aryl methyl sites for hydroxylation is 1. The van der Waals surface area contributed by atoms with Crippen LogP contribution in [0.5, 0.6) is 0 Å². The van der Waals surface area contributed by atoms with Crippen LogP contribution in [0.4, 0.5) is 0 Å². The number of nitrogens with zero attached hydrogens (tertiary/aromatic N) is 1. The molecule has 4 rings (SSSR count). The first kappa shape index (κ1) is 22.3. The first-order valence-electron chi connectivity index (χ1n) is 11.7. The molecule has 1 saturated carbocycles. The predicted molar refractivity (Wildman–Crippen MR) is 121 cm³/mol. The number of carbonyl (C=O) groups is 1. The number of aliphatic hydroxyl groups is 1. The molecule has 2 N–H and O–H groups in total. The Hall–Kier alpha value is -0.950. The lowest BCUT2D eigenvalue weighted by Gasteiger charge is -2.49. The highest BCUT2D eigenvalue weighted by atomic mass is 32.1. The van der Waals surface area contributed by atoms with Gasteiger partial charge in [0.15, 0.2) is 0 Å². The van der Waals surface area contributed by atoms with Crippen molar-refractivity contribution in [2.75, 3.05) is 19.7 Å². The predicted octanol–water partition coefficient (Wildman–Crippen LogP) is 3.62. The molecule has 1 aromatic heterocycles. The Morgan fingerprint density at radius 3 is 2.87 bits per heavy atom. The number of ether oxygens (including phenoxy) is 1. The SMILES string of the molecule is CCc1cc2c(s1)CCO[C@@]21CCN(CC2CC(NC(=O)CC(C)(C)O)C2)[C@@H](C)C1. The van der Waals surface area contributed by atoms with Gasteiger partial charge in [-0.05, 0) is 70.4 Å². The van der Waals surface area contributed by atoms with E-state index in [1.54, 1.807) is 18.7 Å². The normalized spacial score (nSPS) is 32.0. The number of piperidine rings is 1. The molecule has 5 nitrogen and oxygen atoms in total. The fourth-order valence-corrected chi connectivity index (χ4v) is 6.73. The van der Waals surface area contributed by atoms with E-state index in [-0.39, 0.29) is 24.0 Å². The van der Waals surface area contributed by atoms with Crippen molar-refractivity contribution in [1.29, 1.82) is 0 Å². The largest absolute Gasteiger partial charge is 0.390 e. The topological polar surface area (TPSA) is 61.8 Å². The number of likely N-dealkylation sites (tertiary alicyclic amines) is 1. The highest BCUT2D eigenvalue weighted by molar-refractivity contribution is 7.12. The zero-order valence-electron chi connectivity index (χ0n) is 19.0. The Kier molecular flexibility index (Phi) is 6.33. The van der Waals surface area contributed by atoms with Crippen LogP contribution < -0.4 is 5.32 Å². The van der Waals surface area contributed by atoms with E-state index < -0.39 is 5.60 Å². The van der Waals surface area contributed by atoms with E-state index in [0.717, 1.165) is 58.2 Å². The number of carbonyl (C=O) groups excluding carboxylic acids is 1. The molecule has 0 radical (unpaired) electrons. The first-order chi connectivity index (χ1) is 14.2. The summed E-state index contributed by atoms with van der Waals surface area (Å²) in [7, 11) is 0. The van der Waals surface area contributed by atoms with Crippen LogP contribution in [0, 0.1) is 5.92 Å². The summed E-state index contributed by atoms with van der Waals surface area (Å²) in [4.78, 5) is 17.7. The third kappa shape index (κ3) is 4.77. The van der Waals surface area contributed by atoms with Gasteiger partial charge in [0.2, 0.25) is 5.91 Å². The molecule has 0 unspecified atom stereocenters. The van der Waals surface area contributed by atoms with Crippen LogP contribution >= 0.6 is 11.3 Å². The molecule has 0 bridgehead atoms. The summed E-state index contributed by atoms with van der Waals surface area (Å²) in [6, 6.07) is 3.21. The van der Waals surface area contributed by atoms with Crippen LogP contribution in [-0.4, -0.2) is 53.3 Å². The highest BCUT2D eigenvalue weighted by Crippen LogP contribution is 2.46. The van der Waals surface area contributed by atoms with E-state index in [1.165, 1.54) is 10.4 Å². The van der Waals surface area contributed by atoms with Crippen molar-refractivity contribution in [3.63, 3.8) is 0 Å². The molecule has 2 atom stereocenters. The molecule has 1 spiro atoms. The molecular weight excluding hydrogens is 396 g/mol. The maximum absolute atomic E-state index is 12.0. The van der Waals surface area contributed by atoms with Gasteiger partial charge in [0.1, 0.15) is 0 Å². The monoisotopic (exact) mass is 434 g/mol. The number of hydrogen-bond acceptors (Lipinski definition) is 5. The van der Waals surface area contributed by atoms with Crippen molar-refractivity contribution in [1.82, 2.24) is 10.2 Å². The van der Waals surface area contributed by atoms with Gasteiger partial charge < -0.3 is 20.1 Å². The lowest BCUT2D eigenvalue weighted by Crippen LogP contribution is -2.54. The van der Waals surface area contributed by atoms with Crippen molar-refractivity contribution in [3.05, 3.63) is 21.4 Å². The van der Waals surface area contributed by atoms with Gasteiger partial charge in [0.25, 0.3) is 0 Å². The minimum absolute atomic E-state index is 0.0355. The van der Waals surface area contributed by atoms with Crippen molar-refractivity contribution in [3.8, 4) is 0 Å². The number of fused-ring (bicyclic) bond motifs is 2. The average Bonchev–Trinajstić information content (AvgIpc) is 3.05. The lowest BCUT2D eigenvalue weighted by molar-refractivity contribution is -0.127. The molecule has 3 heterocycles. The smallest absolute Gasteiger partial charge is 0.223 e. The van der Waals surface area contributed by atoms with Crippen molar-refractivity contribution in [2.24, 2.45) is 5.92 Å². The van der Waals surface area contributed by atoms with Crippen molar-refractivity contribution in [2.45, 2.75) is 95.9 Å². The van der Waals surface area contributed by atoms with Gasteiger partial charge in [0, 0.05) is 41.3 Å². The van der Waals surface area contributed by atoms with Gasteiger partial charge in [-0.1, -0.05) is 6.92 Å². The van der Waals surface area contributed by atoms with Gasteiger partial charge in [-0.25, -0.2) is 0 Å². The Bertz CT molecular complexity index is 765. The summed E-state index contributed by atoms with van der Waals surface area (Å²) in [5.41, 5.74) is 0.481. The lowest BCUT2D eigenvalue weighted by atomic mass is 9.76. The Morgan fingerprint density at radius 1 is 1.43 bits per heavy atom. The summed E-state index contributed by atoms with van der Waals surface area (Å²) < 4.78 is 6.47. The molecule has 2 aliphatic heterocycles. The Labute approximate surface area is 185 Å². The molecule has 1 saturated heterocycles. The summed E-state index contributed by atoms with van der Waals surface area (Å²) in [5.74, 6) is 0.622. The maximum Gasteiger partial charge on any atom is 0.223 e. The molecule has 1 aliphatic carbocycles. The number of hydrogen-bond donors (Lipinski definition) is 2. The summed E-state index contributed by atoms with van der Waals surface area (Å²) >= 11 is 1.99. The standard InChI is InChI=1S/C24H38N2O3S/c1-5-19-12-20-21(30-19)6-9-29-24(20)7-8-26(16(2)13-24)15-17-10-18(11-17)25-22(27)14-23(3,4)28/h12,16-18,28H,5-11,13-15H2,1-4H3,(H,25,27)/t16-,17?,18?,24+/m0/s1. The first-order valence-corrected chi connectivity index (χ1v) is 12.5. The second-order valence-corrected chi connectivity index (χ2v) is 11.6. The number of amides is 1. The number of thiophene rings is 1. The molecule has 168 valence electrons. The molecule has 1 aromatic rings. The molecular formula is C24H38N2O3S. The minimum Gasteiger partial charge on any atom is -0.390 e. The van der Waals surface area contributed by atoms with Gasteiger partial charge in [-0.15, -0.1) is 11.3 Å². The van der Waals surface area contributed by atoms with Gasteiger partial charge in [-0.2, -0.15) is 0 Å². The van der Waals surface area contributed by atoms with Crippen LogP contribution in [0.3, 0.4) is 0 Å². The number of rotatable bonds is 6. The molecule has 6 heteroatoms. The fraction of sp³-hybridized carbons (Fsp3) is 0.792. The van der Waals surface area contributed by atoms with Crippen LogP contribution in [0.15, 0.2) is 6.07 Å². The summed E-state index contributed by atoms with van der Waals surface area (Å²) in [6.45, 7) is 11.0. The summed E-state index contributed by atoms with van der Waals surface area (Å²) in [5, 5.41) is 12.9. The van der Waals surface area contributed by atoms with Crippen LogP contribution in [0.25, 0.3) is 0 Å². The second kappa shape index (κ2) is 8.53. The minimum atomic E-state index is -0.937. The van der Waals surface area contributed by atoms with Gasteiger partial charge in [-0.3, -0.25) is 4.79 Å². The Balaban J connectivity index is 1.28. The van der Waals surface area contributed by atoms with E-state index in [2.05, 4.69) is 30.1 Å². The second-order valence-electron chi connectivity index (χ2n) is 10.4. The molecule has 0 aromatic carbocycles. The van der Waals surface area contributed by atoms with Crippen LogP contribution in [-0.2, 0) is 28.0 Å². The van der Waals surface area contributed by atoms with Gasteiger partial charge in [0.05, 0.1) is 24.2 Å². The third-order valence-corrected chi connectivity index (χ3v) is 8.48. The third-order valence-electron chi connectivity index (χ3n) is 7.14. The van der Waals surface area contributed by atoms with Crippen LogP contribution in [0.1, 0.15) is 75.1 Å². The van der Waals surface area contributed by atoms with E-state index >= 15 is 0 Å². The van der Waals surface area contributed by atoms with Crippen LogP contribution in [0.2, 0.25) is 0 Å². The number of nitrogens with one attached hydrogen (secondary N) is 1. The summed E-state index contributed by atoms with van der Waals surface area (Å²) in [6.07, 6.45) is 6.63.